The van der Waals surface area contributed by atoms with Crippen LogP contribution in [0.1, 0.15) is 5.56 Å². The van der Waals surface area contributed by atoms with Gasteiger partial charge in [0.1, 0.15) is 17.1 Å². The van der Waals surface area contributed by atoms with Crippen LogP contribution in [0.5, 0.6) is 0 Å². The number of carbonyl (C=O) groups is 1. The van der Waals surface area contributed by atoms with E-state index < -0.39 is 23.0 Å². The number of hydrogen-bond donors (Lipinski definition) is 1. The van der Waals surface area contributed by atoms with Crippen LogP contribution in [0, 0.1) is 5.82 Å². The van der Waals surface area contributed by atoms with Crippen LogP contribution < -0.4 is 16.6 Å². The summed E-state index contributed by atoms with van der Waals surface area (Å²) in [5, 5.41) is 4.81. The Morgan fingerprint density at radius 1 is 1.07 bits per heavy atom. The van der Waals surface area contributed by atoms with E-state index in [4.69, 9.17) is 11.6 Å². The van der Waals surface area contributed by atoms with E-state index in [1.54, 1.807) is 41.8 Å². The van der Waals surface area contributed by atoms with Crippen molar-refractivity contribution in [1.29, 1.82) is 0 Å². The monoisotopic (exact) mass is 443 g/mol. The highest BCUT2D eigenvalue weighted by Crippen LogP contribution is 2.17. The number of nitrogens with zero attached hydrogens (tertiary/aromatic N) is 2. The molecule has 6 nitrogen and oxygen atoms in total. The number of rotatable bonds is 5. The van der Waals surface area contributed by atoms with Gasteiger partial charge < -0.3 is 5.32 Å². The van der Waals surface area contributed by atoms with Crippen molar-refractivity contribution in [1.82, 2.24) is 9.13 Å². The number of nitrogens with one attached hydrogen (secondary N) is 1. The predicted octanol–water partition coefficient (Wildman–Crippen LogP) is 3.70. The second-order valence-corrected chi connectivity index (χ2v) is 7.90. The number of fused-ring (bicyclic) bond motifs is 1. The maximum atomic E-state index is 14.1. The molecule has 0 aliphatic rings. The van der Waals surface area contributed by atoms with Crippen LogP contribution in [0.25, 0.3) is 10.2 Å². The molecule has 2 heterocycles. The van der Waals surface area contributed by atoms with Crippen LogP contribution in [0.15, 0.2) is 69.6 Å². The van der Waals surface area contributed by atoms with Gasteiger partial charge in [0.15, 0.2) is 0 Å². The minimum Gasteiger partial charge on any atom is -0.324 e. The molecule has 0 aliphatic carbocycles. The highest BCUT2D eigenvalue weighted by molar-refractivity contribution is 7.17. The van der Waals surface area contributed by atoms with E-state index in [2.05, 4.69) is 5.32 Å². The molecular weight excluding hydrogens is 429 g/mol. The molecule has 2 aromatic carbocycles. The van der Waals surface area contributed by atoms with Crippen LogP contribution >= 0.6 is 22.9 Å². The molecule has 4 aromatic rings. The van der Waals surface area contributed by atoms with E-state index >= 15 is 0 Å². The summed E-state index contributed by atoms with van der Waals surface area (Å²) in [6.45, 7) is -0.537. The molecule has 0 unspecified atom stereocenters. The number of carbonyl (C=O) groups excluding carboxylic acids is 1. The van der Waals surface area contributed by atoms with E-state index in [0.29, 0.717) is 20.9 Å². The fraction of sp³-hybridized carbons (Fsp3) is 0.0952. The summed E-state index contributed by atoms with van der Waals surface area (Å²) >= 11 is 7.09. The standard InChI is InChI=1S/C21H15ClFN3O3S/c22-14-5-3-6-15(10-14)24-18(27)12-25-17-8-9-30-19(17)20(28)26(21(25)29)11-13-4-1-2-7-16(13)23/h1-10H,11-12H2,(H,24,27). The van der Waals surface area contributed by atoms with Crippen molar-refractivity contribution >= 4 is 44.7 Å². The van der Waals surface area contributed by atoms with Crippen molar-refractivity contribution in [2.24, 2.45) is 0 Å². The zero-order valence-electron chi connectivity index (χ0n) is 15.5. The Balaban J connectivity index is 1.73. The summed E-state index contributed by atoms with van der Waals surface area (Å²) in [6, 6.07) is 14.2. The number of benzene rings is 2. The summed E-state index contributed by atoms with van der Waals surface area (Å²) in [7, 11) is 0. The third-order valence-corrected chi connectivity index (χ3v) is 5.66. The number of amides is 1. The van der Waals surface area contributed by atoms with Crippen LogP contribution in [-0.2, 0) is 17.9 Å². The molecular formula is C21H15ClFN3O3S. The van der Waals surface area contributed by atoms with Gasteiger partial charge >= 0.3 is 5.69 Å². The zero-order valence-corrected chi connectivity index (χ0v) is 17.0. The molecule has 0 aliphatic heterocycles. The topological polar surface area (TPSA) is 73.1 Å². The van der Waals surface area contributed by atoms with Gasteiger partial charge in [-0.05, 0) is 35.7 Å². The molecule has 4 rings (SSSR count). The number of halogens is 2. The summed E-state index contributed by atoms with van der Waals surface area (Å²) in [4.78, 5) is 38.4. The van der Waals surface area contributed by atoms with Crippen molar-refractivity contribution in [3.8, 4) is 0 Å². The molecule has 0 saturated heterocycles. The smallest absolute Gasteiger partial charge is 0.324 e. The van der Waals surface area contributed by atoms with Crippen molar-refractivity contribution < 1.29 is 9.18 Å². The predicted molar refractivity (Wildman–Crippen MR) is 116 cm³/mol. The highest BCUT2D eigenvalue weighted by atomic mass is 35.5. The van der Waals surface area contributed by atoms with Crippen LogP contribution in [-0.4, -0.2) is 15.0 Å². The Hall–Kier alpha value is -3.23. The second kappa shape index (κ2) is 8.25. The summed E-state index contributed by atoms with van der Waals surface area (Å²) < 4.78 is 16.6. The molecule has 0 saturated carbocycles. The lowest BCUT2D eigenvalue weighted by molar-refractivity contribution is -0.116. The van der Waals surface area contributed by atoms with Gasteiger partial charge in [0, 0.05) is 16.3 Å². The lowest BCUT2D eigenvalue weighted by Crippen LogP contribution is -2.41. The molecule has 2 aromatic heterocycles. The molecule has 30 heavy (non-hydrogen) atoms. The summed E-state index contributed by atoms with van der Waals surface area (Å²) in [5.41, 5.74) is -0.138. The SMILES string of the molecule is O=C(Cn1c(=O)n(Cc2ccccc2F)c(=O)c2sccc21)Nc1cccc(Cl)c1. The first-order chi connectivity index (χ1) is 14.4. The molecule has 9 heteroatoms. The Morgan fingerprint density at radius 2 is 1.87 bits per heavy atom. The lowest BCUT2D eigenvalue weighted by Gasteiger charge is -2.13. The Morgan fingerprint density at radius 3 is 2.63 bits per heavy atom. The molecule has 0 spiro atoms. The van der Waals surface area contributed by atoms with E-state index in [-0.39, 0.29) is 18.7 Å². The zero-order chi connectivity index (χ0) is 21.3. The van der Waals surface area contributed by atoms with E-state index in [0.717, 1.165) is 15.9 Å². The minimum atomic E-state index is -0.685. The van der Waals surface area contributed by atoms with Gasteiger partial charge in [0.05, 0.1) is 12.1 Å². The molecule has 0 atom stereocenters. The summed E-state index contributed by atoms with van der Waals surface area (Å²) in [6.07, 6.45) is 0. The average Bonchev–Trinajstić information content (AvgIpc) is 3.20. The second-order valence-electron chi connectivity index (χ2n) is 6.54. The van der Waals surface area contributed by atoms with Gasteiger partial charge in [-0.3, -0.25) is 18.7 Å². The quantitative estimate of drug-likeness (QED) is 0.511. The number of thiophene rings is 1. The average molecular weight is 444 g/mol. The minimum absolute atomic E-state index is 0.211. The van der Waals surface area contributed by atoms with Crippen molar-refractivity contribution in [3.05, 3.63) is 97.2 Å². The molecule has 0 bridgehead atoms. The Labute approximate surface area is 178 Å². The van der Waals surface area contributed by atoms with E-state index in [9.17, 15) is 18.8 Å². The van der Waals surface area contributed by atoms with Crippen LogP contribution in [0.4, 0.5) is 10.1 Å². The van der Waals surface area contributed by atoms with Gasteiger partial charge in [-0.1, -0.05) is 35.9 Å². The van der Waals surface area contributed by atoms with Crippen molar-refractivity contribution in [2.45, 2.75) is 13.1 Å². The van der Waals surface area contributed by atoms with Gasteiger partial charge in [0.25, 0.3) is 5.56 Å². The van der Waals surface area contributed by atoms with Crippen molar-refractivity contribution in [2.75, 3.05) is 5.32 Å². The maximum Gasteiger partial charge on any atom is 0.332 e. The van der Waals surface area contributed by atoms with Gasteiger partial charge in [-0.25, -0.2) is 9.18 Å². The fourth-order valence-electron chi connectivity index (χ4n) is 3.13. The first kappa shape index (κ1) is 20.1. The largest absolute Gasteiger partial charge is 0.332 e. The van der Waals surface area contributed by atoms with Crippen LogP contribution in [0.3, 0.4) is 0 Å². The summed E-state index contributed by atoms with van der Waals surface area (Å²) in [5.74, 6) is -0.969. The Kier molecular flexibility index (Phi) is 5.52. The normalized spacial score (nSPS) is 11.0. The van der Waals surface area contributed by atoms with E-state index in [1.807, 2.05) is 0 Å². The highest BCUT2D eigenvalue weighted by Gasteiger charge is 2.17. The molecule has 1 N–H and O–H groups in total. The molecule has 1 amide bonds. The third kappa shape index (κ3) is 3.92. The van der Waals surface area contributed by atoms with Gasteiger partial charge in [-0.2, -0.15) is 0 Å². The fourth-order valence-corrected chi connectivity index (χ4v) is 4.17. The first-order valence-electron chi connectivity index (χ1n) is 8.93. The Bertz CT molecular complexity index is 1380. The first-order valence-corrected chi connectivity index (χ1v) is 10.2. The van der Waals surface area contributed by atoms with E-state index in [1.165, 1.54) is 22.8 Å². The molecule has 152 valence electrons. The number of hydrogen-bond acceptors (Lipinski definition) is 4. The van der Waals surface area contributed by atoms with Gasteiger partial charge in [0.2, 0.25) is 5.91 Å². The van der Waals surface area contributed by atoms with Crippen LogP contribution in [0.2, 0.25) is 5.02 Å². The molecule has 0 radical (unpaired) electrons. The third-order valence-electron chi connectivity index (χ3n) is 4.53. The number of anilines is 1. The number of aromatic nitrogens is 2. The van der Waals surface area contributed by atoms with Crippen molar-refractivity contribution in [3.63, 3.8) is 0 Å². The molecule has 0 fully saturated rings. The lowest BCUT2D eigenvalue weighted by atomic mass is 10.2. The maximum absolute atomic E-state index is 14.1. The van der Waals surface area contributed by atoms with Gasteiger partial charge in [-0.15, -0.1) is 11.3 Å².